The SMILES string of the molecule is C=COc1ccc(Nc2nc(Nc3ccc(OCCN)c(OCCN)c3)nc(Nc3ccc(OC(N)=CN)c(OCCN)c3)n2)cc1OC(=C)N. The molecule has 15 N–H and O–H groups in total. The van der Waals surface area contributed by atoms with E-state index in [-0.39, 0.29) is 55.1 Å². The lowest BCUT2D eigenvalue weighted by Crippen LogP contribution is -2.14. The first-order chi connectivity index (χ1) is 24.7. The summed E-state index contributed by atoms with van der Waals surface area (Å²) < 4.78 is 33.9. The second kappa shape index (κ2) is 18.8. The normalized spacial score (nSPS) is 10.8. The summed E-state index contributed by atoms with van der Waals surface area (Å²) in [5, 5.41) is 9.51. The van der Waals surface area contributed by atoms with Gasteiger partial charge < -0.3 is 78.8 Å². The first kappa shape index (κ1) is 37.2. The minimum absolute atomic E-state index is 0.0128. The van der Waals surface area contributed by atoms with Crippen LogP contribution < -0.4 is 78.8 Å². The summed E-state index contributed by atoms with van der Waals surface area (Å²) in [6, 6.07) is 15.3. The minimum atomic E-state index is -0.0404. The number of aromatic nitrogens is 3. The number of ether oxygens (including phenoxy) is 6. The molecule has 1 heterocycles. The van der Waals surface area contributed by atoms with Gasteiger partial charge >= 0.3 is 0 Å². The van der Waals surface area contributed by atoms with Gasteiger partial charge in [0.1, 0.15) is 19.8 Å². The van der Waals surface area contributed by atoms with Crippen molar-refractivity contribution < 1.29 is 28.4 Å². The standard InChI is InChI=1S/C33H42N12O6/c1-3-46-25-8-5-23(18-29(25)50-20(2)38)42-33-44-31(40-21-4-7-24(47-13-10-34)27(16-21)48-14-11-35)43-32(45-33)41-22-6-9-26(51-30(39)19-37)28(17-22)49-15-12-36/h3-9,16-19H,1-2,10-15,34-39H2,(H3,40,41,42,43,44,45). The van der Waals surface area contributed by atoms with Crippen LogP contribution in [0.1, 0.15) is 0 Å². The zero-order valence-electron chi connectivity index (χ0n) is 27.8. The van der Waals surface area contributed by atoms with Crippen LogP contribution in [0.4, 0.5) is 34.9 Å². The molecule has 0 radical (unpaired) electrons. The van der Waals surface area contributed by atoms with Crippen LogP contribution >= 0.6 is 0 Å². The van der Waals surface area contributed by atoms with E-state index in [0.29, 0.717) is 65.5 Å². The Balaban J connectivity index is 1.72. The van der Waals surface area contributed by atoms with Gasteiger partial charge in [-0.15, -0.1) is 0 Å². The fourth-order valence-corrected chi connectivity index (χ4v) is 4.19. The average Bonchev–Trinajstić information content (AvgIpc) is 3.11. The van der Waals surface area contributed by atoms with E-state index in [1.165, 1.54) is 6.26 Å². The van der Waals surface area contributed by atoms with Crippen molar-refractivity contribution in [2.24, 2.45) is 34.4 Å². The molecule has 0 aliphatic heterocycles. The summed E-state index contributed by atoms with van der Waals surface area (Å²) in [6.45, 7) is 8.88. The zero-order valence-corrected chi connectivity index (χ0v) is 27.8. The largest absolute Gasteiger partial charge is 0.488 e. The van der Waals surface area contributed by atoms with Crippen molar-refractivity contribution in [2.45, 2.75) is 0 Å². The molecular formula is C33H42N12O6. The van der Waals surface area contributed by atoms with Crippen molar-refractivity contribution in [3.8, 4) is 34.5 Å². The maximum absolute atomic E-state index is 5.81. The average molecular weight is 703 g/mol. The second-order valence-electron chi connectivity index (χ2n) is 10.1. The molecule has 0 spiro atoms. The zero-order chi connectivity index (χ0) is 36.6. The highest BCUT2D eigenvalue weighted by atomic mass is 16.5. The van der Waals surface area contributed by atoms with E-state index in [2.05, 4.69) is 44.1 Å². The van der Waals surface area contributed by atoms with Gasteiger partial charge in [-0.25, -0.2) is 0 Å². The molecule has 4 aromatic rings. The number of hydrogen-bond acceptors (Lipinski definition) is 18. The molecule has 3 aromatic carbocycles. The van der Waals surface area contributed by atoms with E-state index in [4.69, 9.17) is 62.8 Å². The molecule has 0 saturated heterocycles. The molecule has 0 aliphatic rings. The maximum atomic E-state index is 5.81. The van der Waals surface area contributed by atoms with E-state index < -0.39 is 0 Å². The van der Waals surface area contributed by atoms with E-state index in [0.717, 1.165) is 6.20 Å². The highest BCUT2D eigenvalue weighted by Crippen LogP contribution is 2.35. The van der Waals surface area contributed by atoms with Crippen LogP contribution in [0.15, 0.2) is 92.0 Å². The Labute approximate surface area is 294 Å². The topological polar surface area (TPSA) is 286 Å². The Morgan fingerprint density at radius 2 is 1.04 bits per heavy atom. The van der Waals surface area contributed by atoms with E-state index in [1.54, 1.807) is 54.6 Å². The van der Waals surface area contributed by atoms with Crippen LogP contribution in [0.25, 0.3) is 0 Å². The molecule has 51 heavy (non-hydrogen) atoms. The van der Waals surface area contributed by atoms with Crippen LogP contribution in [0, 0.1) is 0 Å². The fraction of sp³-hybridized carbons (Fsp3) is 0.182. The summed E-state index contributed by atoms with van der Waals surface area (Å²) in [5.41, 5.74) is 35.5. The Bertz CT molecular complexity index is 1820. The van der Waals surface area contributed by atoms with Crippen LogP contribution in [0.5, 0.6) is 34.5 Å². The van der Waals surface area contributed by atoms with Gasteiger partial charge in [0.15, 0.2) is 40.4 Å². The Morgan fingerprint density at radius 1 is 0.608 bits per heavy atom. The van der Waals surface area contributed by atoms with Gasteiger partial charge in [0.05, 0.1) is 12.5 Å². The highest BCUT2D eigenvalue weighted by Gasteiger charge is 2.15. The number of nitrogens with one attached hydrogen (secondary N) is 3. The molecule has 18 heteroatoms. The van der Waals surface area contributed by atoms with Gasteiger partial charge in [0.2, 0.25) is 23.7 Å². The lowest BCUT2D eigenvalue weighted by molar-refractivity contribution is 0.278. The predicted molar refractivity (Wildman–Crippen MR) is 195 cm³/mol. The van der Waals surface area contributed by atoms with Crippen molar-refractivity contribution in [1.82, 2.24) is 15.0 Å². The highest BCUT2D eigenvalue weighted by molar-refractivity contribution is 5.66. The number of anilines is 6. The van der Waals surface area contributed by atoms with Gasteiger partial charge in [0.25, 0.3) is 0 Å². The number of nitrogens with zero attached hydrogens (tertiary/aromatic N) is 3. The van der Waals surface area contributed by atoms with Gasteiger partial charge in [-0.05, 0) is 43.0 Å². The van der Waals surface area contributed by atoms with Crippen LogP contribution in [0.3, 0.4) is 0 Å². The maximum Gasteiger partial charge on any atom is 0.233 e. The van der Waals surface area contributed by atoms with Crippen LogP contribution in [-0.4, -0.2) is 54.4 Å². The smallest absolute Gasteiger partial charge is 0.233 e. The number of hydrogen-bond donors (Lipinski definition) is 9. The summed E-state index contributed by atoms with van der Waals surface area (Å²) in [4.78, 5) is 13.7. The molecule has 0 aliphatic carbocycles. The minimum Gasteiger partial charge on any atom is -0.488 e. The molecule has 0 atom stereocenters. The molecule has 0 amide bonds. The Morgan fingerprint density at radius 3 is 1.49 bits per heavy atom. The van der Waals surface area contributed by atoms with Gasteiger partial charge in [-0.1, -0.05) is 6.58 Å². The van der Waals surface area contributed by atoms with Crippen LogP contribution in [0.2, 0.25) is 0 Å². The summed E-state index contributed by atoms with van der Waals surface area (Å²) in [5.74, 6) is 2.67. The van der Waals surface area contributed by atoms with Crippen LogP contribution in [-0.2, 0) is 0 Å². The Kier molecular flexibility index (Phi) is 13.7. The molecule has 18 nitrogen and oxygen atoms in total. The summed E-state index contributed by atoms with van der Waals surface area (Å²) in [7, 11) is 0. The Hall–Kier alpha value is -6.63. The first-order valence-electron chi connectivity index (χ1n) is 15.5. The number of benzene rings is 3. The molecule has 0 unspecified atom stereocenters. The molecule has 4 rings (SSSR count). The third-order valence-electron chi connectivity index (χ3n) is 6.20. The quantitative estimate of drug-likeness (QED) is 0.0564. The molecule has 0 fully saturated rings. The predicted octanol–water partition coefficient (Wildman–Crippen LogP) is 2.54. The van der Waals surface area contributed by atoms with Crippen molar-refractivity contribution >= 4 is 34.9 Å². The number of nitrogens with two attached hydrogens (primary N) is 6. The van der Waals surface area contributed by atoms with Gasteiger partial charge in [-0.3, -0.25) is 0 Å². The lowest BCUT2D eigenvalue weighted by Gasteiger charge is -2.16. The fourth-order valence-electron chi connectivity index (χ4n) is 4.19. The molecule has 1 aromatic heterocycles. The molecule has 0 bridgehead atoms. The molecule has 270 valence electrons. The third kappa shape index (κ3) is 11.2. The van der Waals surface area contributed by atoms with Crippen molar-refractivity contribution in [3.63, 3.8) is 0 Å². The monoisotopic (exact) mass is 702 g/mol. The van der Waals surface area contributed by atoms with Crippen molar-refractivity contribution in [2.75, 3.05) is 55.4 Å². The number of rotatable bonds is 21. The van der Waals surface area contributed by atoms with E-state index in [9.17, 15) is 0 Å². The van der Waals surface area contributed by atoms with E-state index in [1.807, 2.05) is 0 Å². The summed E-state index contributed by atoms with van der Waals surface area (Å²) >= 11 is 0. The van der Waals surface area contributed by atoms with Crippen molar-refractivity contribution in [3.05, 3.63) is 92.0 Å². The third-order valence-corrected chi connectivity index (χ3v) is 6.20. The van der Waals surface area contributed by atoms with E-state index >= 15 is 0 Å². The summed E-state index contributed by atoms with van der Waals surface area (Å²) in [6.07, 6.45) is 2.39. The lowest BCUT2D eigenvalue weighted by atomic mass is 10.2. The first-order valence-corrected chi connectivity index (χ1v) is 15.5. The molecular weight excluding hydrogens is 660 g/mol. The van der Waals surface area contributed by atoms with Gasteiger partial charge in [-0.2, -0.15) is 15.0 Å². The molecule has 0 saturated carbocycles. The van der Waals surface area contributed by atoms with Gasteiger partial charge in [0, 0.05) is 54.9 Å². The second-order valence-corrected chi connectivity index (χ2v) is 10.1. The van der Waals surface area contributed by atoms with Crippen molar-refractivity contribution in [1.29, 1.82) is 0 Å².